The first-order valence-electron chi connectivity index (χ1n) is 8.09. The number of morpholine rings is 1. The van der Waals surface area contributed by atoms with Crippen molar-refractivity contribution in [2.24, 2.45) is 5.92 Å². The highest BCUT2D eigenvalue weighted by molar-refractivity contribution is 6.30. The maximum atomic E-state index is 12.0. The Bertz CT molecular complexity index is 522. The molecule has 0 spiro atoms. The summed E-state index contributed by atoms with van der Waals surface area (Å²) < 4.78 is 5.40. The van der Waals surface area contributed by atoms with E-state index in [1.165, 1.54) is 0 Å². The summed E-state index contributed by atoms with van der Waals surface area (Å²) in [5, 5.41) is 3.70. The van der Waals surface area contributed by atoms with Crippen LogP contribution in [0.4, 0.5) is 0 Å². The summed E-state index contributed by atoms with van der Waals surface area (Å²) >= 11 is 5.85. The Hall–Kier alpha value is -1.36. The second-order valence-electron chi connectivity index (χ2n) is 6.09. The van der Waals surface area contributed by atoms with E-state index in [4.69, 9.17) is 16.3 Å². The molecule has 1 atom stereocenters. The topological polar surface area (TPSA) is 41.6 Å². The van der Waals surface area contributed by atoms with Crippen molar-refractivity contribution in [3.63, 3.8) is 0 Å². The molecule has 1 saturated heterocycles. The maximum Gasteiger partial charge on any atom is 0.244 e. The van der Waals surface area contributed by atoms with Crippen molar-refractivity contribution in [3.8, 4) is 0 Å². The quantitative estimate of drug-likeness (QED) is 0.812. The highest BCUT2D eigenvalue weighted by atomic mass is 35.5. The van der Waals surface area contributed by atoms with Crippen molar-refractivity contribution in [3.05, 3.63) is 40.9 Å². The minimum absolute atomic E-state index is 0.0705. The van der Waals surface area contributed by atoms with Crippen molar-refractivity contribution in [2.45, 2.75) is 19.9 Å². The molecule has 0 unspecified atom stereocenters. The van der Waals surface area contributed by atoms with Gasteiger partial charge in [-0.05, 0) is 29.7 Å². The zero-order valence-corrected chi connectivity index (χ0v) is 14.6. The molecule has 1 aliphatic heterocycles. The number of hydrogen-bond donors (Lipinski definition) is 1. The van der Waals surface area contributed by atoms with Gasteiger partial charge in [-0.25, -0.2) is 0 Å². The summed E-state index contributed by atoms with van der Waals surface area (Å²) in [7, 11) is 0. The number of benzene rings is 1. The molecule has 0 saturated carbocycles. The van der Waals surface area contributed by atoms with Gasteiger partial charge in [-0.3, -0.25) is 9.69 Å². The molecule has 0 bridgehead atoms. The number of carbonyl (C=O) groups is 1. The van der Waals surface area contributed by atoms with Crippen LogP contribution in [0.3, 0.4) is 0 Å². The van der Waals surface area contributed by atoms with E-state index in [2.05, 4.69) is 24.1 Å². The Balaban J connectivity index is 1.84. The first kappa shape index (κ1) is 18.0. The van der Waals surface area contributed by atoms with E-state index in [1.807, 2.05) is 24.3 Å². The van der Waals surface area contributed by atoms with Crippen LogP contribution < -0.4 is 5.32 Å². The van der Waals surface area contributed by atoms with Crippen LogP contribution in [0.25, 0.3) is 6.08 Å². The van der Waals surface area contributed by atoms with Gasteiger partial charge in [0.2, 0.25) is 5.91 Å². The molecule has 1 aromatic rings. The van der Waals surface area contributed by atoms with Crippen LogP contribution in [0.2, 0.25) is 5.02 Å². The van der Waals surface area contributed by atoms with Crippen LogP contribution in [0.15, 0.2) is 30.3 Å². The molecule has 0 aromatic heterocycles. The molecule has 0 radical (unpaired) electrons. The highest BCUT2D eigenvalue weighted by Crippen LogP contribution is 2.13. The van der Waals surface area contributed by atoms with Crippen molar-refractivity contribution in [2.75, 3.05) is 32.8 Å². The molecule has 1 heterocycles. The first-order valence-corrected chi connectivity index (χ1v) is 8.47. The number of halogens is 1. The van der Waals surface area contributed by atoms with E-state index < -0.39 is 0 Å². The monoisotopic (exact) mass is 336 g/mol. The van der Waals surface area contributed by atoms with Gasteiger partial charge in [-0.2, -0.15) is 0 Å². The number of nitrogens with zero attached hydrogens (tertiary/aromatic N) is 1. The Kier molecular flexibility index (Phi) is 7.09. The predicted octanol–water partition coefficient (Wildman–Crippen LogP) is 2.83. The normalized spacial score (nSPS) is 17.6. The molecule has 1 amide bonds. The highest BCUT2D eigenvalue weighted by Gasteiger charge is 2.23. The Morgan fingerprint density at radius 3 is 2.57 bits per heavy atom. The van der Waals surface area contributed by atoms with Crippen LogP contribution in [0.5, 0.6) is 0 Å². The second-order valence-corrected chi connectivity index (χ2v) is 6.53. The molecule has 0 aliphatic carbocycles. The fourth-order valence-corrected chi connectivity index (χ4v) is 2.83. The molecule has 1 aliphatic rings. The van der Waals surface area contributed by atoms with E-state index in [0.29, 0.717) is 23.5 Å². The van der Waals surface area contributed by atoms with Crippen LogP contribution in [-0.2, 0) is 9.53 Å². The lowest BCUT2D eigenvalue weighted by molar-refractivity contribution is -0.116. The SMILES string of the molecule is CC(C)[C@@H](CNC(=O)/C=C/c1ccc(Cl)cc1)N1CCOCC1. The summed E-state index contributed by atoms with van der Waals surface area (Å²) in [5.41, 5.74) is 0.957. The minimum Gasteiger partial charge on any atom is -0.379 e. The van der Waals surface area contributed by atoms with E-state index >= 15 is 0 Å². The molecular weight excluding hydrogens is 312 g/mol. The number of hydrogen-bond acceptors (Lipinski definition) is 3. The Labute approximate surface area is 143 Å². The summed E-state index contributed by atoms with van der Waals surface area (Å²) in [5.74, 6) is 0.410. The van der Waals surface area contributed by atoms with Gasteiger partial charge in [0.05, 0.1) is 13.2 Å². The molecule has 5 heteroatoms. The molecule has 126 valence electrons. The standard InChI is InChI=1S/C18H25ClN2O2/c1-14(2)17(21-9-11-23-12-10-21)13-20-18(22)8-5-15-3-6-16(19)7-4-15/h3-8,14,17H,9-13H2,1-2H3,(H,20,22)/b8-5+/t17-/m1/s1. The van der Waals surface area contributed by atoms with Crippen LogP contribution in [0.1, 0.15) is 19.4 Å². The van der Waals surface area contributed by atoms with Gasteiger partial charge < -0.3 is 10.1 Å². The van der Waals surface area contributed by atoms with Gasteiger partial charge in [-0.15, -0.1) is 0 Å². The van der Waals surface area contributed by atoms with Crippen molar-refractivity contribution >= 4 is 23.6 Å². The van der Waals surface area contributed by atoms with E-state index in [-0.39, 0.29) is 5.91 Å². The lowest BCUT2D eigenvalue weighted by Gasteiger charge is -2.36. The van der Waals surface area contributed by atoms with Gasteiger partial charge in [0.25, 0.3) is 0 Å². The number of rotatable bonds is 6. The summed E-state index contributed by atoms with van der Waals surface area (Å²) in [4.78, 5) is 14.4. The van der Waals surface area contributed by atoms with Crippen molar-refractivity contribution in [1.29, 1.82) is 0 Å². The first-order chi connectivity index (χ1) is 11.1. The van der Waals surface area contributed by atoms with Gasteiger partial charge in [0.15, 0.2) is 0 Å². The molecule has 4 nitrogen and oxygen atoms in total. The minimum atomic E-state index is -0.0705. The fourth-order valence-electron chi connectivity index (χ4n) is 2.71. The van der Waals surface area contributed by atoms with Crippen molar-refractivity contribution < 1.29 is 9.53 Å². The lowest BCUT2D eigenvalue weighted by Crippen LogP contribution is -2.51. The molecule has 1 aromatic carbocycles. The largest absolute Gasteiger partial charge is 0.379 e. The third-order valence-electron chi connectivity index (χ3n) is 4.07. The fraction of sp³-hybridized carbons (Fsp3) is 0.500. The third-order valence-corrected chi connectivity index (χ3v) is 4.32. The van der Waals surface area contributed by atoms with Gasteiger partial charge in [0.1, 0.15) is 0 Å². The summed E-state index contributed by atoms with van der Waals surface area (Å²) in [6.07, 6.45) is 3.37. The van der Waals surface area contributed by atoms with E-state index in [0.717, 1.165) is 31.9 Å². The number of ether oxygens (including phenoxy) is 1. The van der Waals surface area contributed by atoms with Crippen LogP contribution >= 0.6 is 11.6 Å². The molecule has 23 heavy (non-hydrogen) atoms. The zero-order chi connectivity index (χ0) is 16.7. The maximum absolute atomic E-state index is 12.0. The molecule has 1 fully saturated rings. The number of amides is 1. The summed E-state index contributed by atoms with van der Waals surface area (Å²) in [6.45, 7) is 8.44. The predicted molar refractivity (Wildman–Crippen MR) is 94.5 cm³/mol. The average molecular weight is 337 g/mol. The smallest absolute Gasteiger partial charge is 0.244 e. The average Bonchev–Trinajstić information content (AvgIpc) is 2.55. The van der Waals surface area contributed by atoms with Gasteiger partial charge >= 0.3 is 0 Å². The van der Waals surface area contributed by atoms with Crippen LogP contribution in [-0.4, -0.2) is 49.7 Å². The number of carbonyl (C=O) groups excluding carboxylic acids is 1. The van der Waals surface area contributed by atoms with Crippen LogP contribution in [0, 0.1) is 5.92 Å². The zero-order valence-electron chi connectivity index (χ0n) is 13.8. The van der Waals surface area contributed by atoms with Crippen molar-refractivity contribution in [1.82, 2.24) is 10.2 Å². The Morgan fingerprint density at radius 2 is 1.96 bits per heavy atom. The molecule has 2 rings (SSSR count). The van der Waals surface area contributed by atoms with Gasteiger partial charge in [0, 0.05) is 36.8 Å². The van der Waals surface area contributed by atoms with E-state index in [9.17, 15) is 4.79 Å². The van der Waals surface area contributed by atoms with Gasteiger partial charge in [-0.1, -0.05) is 37.6 Å². The second kappa shape index (κ2) is 9.06. The van der Waals surface area contributed by atoms with E-state index in [1.54, 1.807) is 12.2 Å². The third kappa shape index (κ3) is 5.98. The number of nitrogens with one attached hydrogen (secondary N) is 1. The molecular formula is C18H25ClN2O2. The Morgan fingerprint density at radius 1 is 1.30 bits per heavy atom. The molecule has 1 N–H and O–H groups in total. The lowest BCUT2D eigenvalue weighted by atomic mass is 10.0. The summed E-state index contributed by atoms with van der Waals surface area (Å²) in [6, 6.07) is 7.73.